The molecule has 0 amide bonds. The Labute approximate surface area is 204 Å². The molecule has 0 aliphatic carbocycles. The number of aromatic nitrogens is 6. The van der Waals surface area contributed by atoms with Crippen LogP contribution in [0.25, 0.3) is 11.5 Å². The quantitative estimate of drug-likeness (QED) is 0.401. The lowest BCUT2D eigenvalue weighted by Crippen LogP contribution is -2.32. The van der Waals surface area contributed by atoms with Crippen molar-refractivity contribution in [2.45, 2.75) is 63.9 Å². The van der Waals surface area contributed by atoms with E-state index in [0.29, 0.717) is 28.2 Å². The monoisotopic (exact) mass is 508 g/mol. The molecule has 3 aromatic heterocycles. The number of nitrogens with zero attached hydrogens (tertiary/aromatic N) is 6. The van der Waals surface area contributed by atoms with Crippen molar-refractivity contribution in [2.75, 3.05) is 7.11 Å². The maximum absolute atomic E-state index is 13.5. The van der Waals surface area contributed by atoms with Crippen LogP contribution in [0.5, 0.6) is 5.88 Å². The summed E-state index contributed by atoms with van der Waals surface area (Å²) in [5.41, 5.74) is 0.535. The maximum Gasteiger partial charge on any atom is 0.213 e. The van der Waals surface area contributed by atoms with Gasteiger partial charge in [-0.25, -0.2) is 23.4 Å². The van der Waals surface area contributed by atoms with E-state index >= 15 is 0 Å². The number of hydrogen-bond donors (Lipinski definition) is 0. The third kappa shape index (κ3) is 5.89. The Hall–Kier alpha value is -2.63. The molecule has 0 N–H and O–H groups in total. The fourth-order valence-electron chi connectivity index (χ4n) is 3.44. The average Bonchev–Trinajstić information content (AvgIpc) is 3.20. The molecule has 3 aromatic rings. The lowest BCUT2D eigenvalue weighted by atomic mass is 10.2. The van der Waals surface area contributed by atoms with Gasteiger partial charge in [0, 0.05) is 24.5 Å². The molecule has 10 nitrogen and oxygen atoms in total. The van der Waals surface area contributed by atoms with Crippen LogP contribution < -0.4 is 4.74 Å². The first-order chi connectivity index (χ1) is 16.0. The Morgan fingerprint density at radius 2 is 1.74 bits per heavy atom. The summed E-state index contributed by atoms with van der Waals surface area (Å²) in [6.07, 6.45) is 1.72. The lowest BCUT2D eigenvalue weighted by molar-refractivity contribution is 0.00142. The number of ether oxygens (including phenoxy) is 2. The van der Waals surface area contributed by atoms with Crippen LogP contribution in [-0.4, -0.2) is 56.6 Å². The van der Waals surface area contributed by atoms with Crippen molar-refractivity contribution in [1.82, 2.24) is 29.7 Å². The first-order valence-corrected chi connectivity index (χ1v) is 12.9. The first kappa shape index (κ1) is 26.0. The summed E-state index contributed by atoms with van der Waals surface area (Å²) in [5, 5.41) is 7.85. The van der Waals surface area contributed by atoms with Crippen LogP contribution in [0.2, 0.25) is 5.02 Å². The van der Waals surface area contributed by atoms with Crippen molar-refractivity contribution in [3.8, 4) is 17.4 Å². The normalized spacial score (nSPS) is 13.9. The summed E-state index contributed by atoms with van der Waals surface area (Å²) in [6, 6.07) is 5.18. The summed E-state index contributed by atoms with van der Waals surface area (Å²) in [7, 11) is -2.23. The van der Waals surface area contributed by atoms with E-state index in [4.69, 9.17) is 21.1 Å². The summed E-state index contributed by atoms with van der Waals surface area (Å²) in [5.74, 6) is 1.11. The standard InChI is InChI=1S/C22H29ClN6O4S/c1-13(2)29-18(27-28-22(29)17-8-7-9-19(26-17)32-6)12-34(30,31)15(5)20(33-14(3)4)21-24-10-16(23)11-25-21/h7-11,13-15,20H,12H2,1-6H3/t15-,20+/m0/s1. The zero-order valence-corrected chi connectivity index (χ0v) is 21.6. The second-order valence-electron chi connectivity index (χ2n) is 8.35. The van der Waals surface area contributed by atoms with E-state index in [2.05, 4.69) is 25.1 Å². The summed E-state index contributed by atoms with van der Waals surface area (Å²) < 4.78 is 39.9. The van der Waals surface area contributed by atoms with Gasteiger partial charge < -0.3 is 14.0 Å². The molecule has 3 heterocycles. The molecule has 0 fully saturated rings. The van der Waals surface area contributed by atoms with Gasteiger partial charge >= 0.3 is 0 Å². The SMILES string of the molecule is COc1cccc(-c2nnc(CS(=O)(=O)[C@@H](C)[C@@H](OC(C)C)c3ncc(Cl)cn3)n2C(C)C)n1. The minimum absolute atomic E-state index is 0.110. The molecule has 0 aliphatic heterocycles. The van der Waals surface area contributed by atoms with Crippen molar-refractivity contribution in [3.05, 3.63) is 47.3 Å². The van der Waals surface area contributed by atoms with Gasteiger partial charge in [0.25, 0.3) is 0 Å². The third-order valence-electron chi connectivity index (χ3n) is 5.08. The highest BCUT2D eigenvalue weighted by Crippen LogP contribution is 2.29. The summed E-state index contributed by atoms with van der Waals surface area (Å²) in [6.45, 7) is 9.09. The van der Waals surface area contributed by atoms with Gasteiger partial charge in [0.05, 0.1) is 23.5 Å². The van der Waals surface area contributed by atoms with Crippen LogP contribution in [-0.2, 0) is 20.3 Å². The fourth-order valence-corrected chi connectivity index (χ4v) is 4.92. The molecule has 0 radical (unpaired) electrons. The highest BCUT2D eigenvalue weighted by molar-refractivity contribution is 7.91. The van der Waals surface area contributed by atoms with Crippen molar-refractivity contribution in [3.63, 3.8) is 0 Å². The largest absolute Gasteiger partial charge is 0.481 e. The summed E-state index contributed by atoms with van der Waals surface area (Å²) >= 11 is 5.90. The highest BCUT2D eigenvalue weighted by atomic mass is 35.5. The number of methoxy groups -OCH3 is 1. The molecule has 0 saturated carbocycles. The second-order valence-corrected chi connectivity index (χ2v) is 11.1. The fraction of sp³-hybridized carbons (Fsp3) is 0.500. The summed E-state index contributed by atoms with van der Waals surface area (Å²) in [4.78, 5) is 12.8. The highest BCUT2D eigenvalue weighted by Gasteiger charge is 2.36. The molecule has 0 bridgehead atoms. The minimum Gasteiger partial charge on any atom is -0.481 e. The number of halogens is 1. The van der Waals surface area contributed by atoms with Crippen LogP contribution in [0.15, 0.2) is 30.6 Å². The zero-order valence-electron chi connectivity index (χ0n) is 20.0. The smallest absolute Gasteiger partial charge is 0.213 e. The van der Waals surface area contributed by atoms with Gasteiger partial charge in [-0.15, -0.1) is 10.2 Å². The Balaban J connectivity index is 1.96. The predicted molar refractivity (Wildman–Crippen MR) is 128 cm³/mol. The molecule has 0 unspecified atom stereocenters. The van der Waals surface area contributed by atoms with Gasteiger partial charge in [-0.1, -0.05) is 17.7 Å². The Bertz CT molecular complexity index is 1210. The average molecular weight is 509 g/mol. The van der Waals surface area contributed by atoms with Crippen LogP contribution in [0.4, 0.5) is 0 Å². The molecule has 34 heavy (non-hydrogen) atoms. The minimum atomic E-state index is -3.76. The van der Waals surface area contributed by atoms with E-state index in [9.17, 15) is 8.42 Å². The number of rotatable bonds is 10. The molecule has 0 spiro atoms. The molecule has 12 heteroatoms. The van der Waals surface area contributed by atoms with Crippen molar-refractivity contribution >= 4 is 21.4 Å². The van der Waals surface area contributed by atoms with Crippen LogP contribution in [0.3, 0.4) is 0 Å². The molecule has 3 rings (SSSR count). The van der Waals surface area contributed by atoms with Gasteiger partial charge in [-0.2, -0.15) is 0 Å². The Morgan fingerprint density at radius 1 is 1.06 bits per heavy atom. The van der Waals surface area contributed by atoms with E-state index in [-0.39, 0.29) is 23.7 Å². The topological polar surface area (TPSA) is 122 Å². The van der Waals surface area contributed by atoms with Crippen molar-refractivity contribution < 1.29 is 17.9 Å². The predicted octanol–water partition coefficient (Wildman–Crippen LogP) is 3.84. The van der Waals surface area contributed by atoms with E-state index in [1.54, 1.807) is 29.7 Å². The van der Waals surface area contributed by atoms with E-state index in [1.165, 1.54) is 19.5 Å². The van der Waals surface area contributed by atoms with E-state index < -0.39 is 21.2 Å². The number of pyridine rings is 1. The van der Waals surface area contributed by atoms with Crippen molar-refractivity contribution in [1.29, 1.82) is 0 Å². The van der Waals surface area contributed by atoms with E-state index in [1.807, 2.05) is 27.7 Å². The molecule has 0 aliphatic rings. The molecule has 2 atom stereocenters. The molecule has 184 valence electrons. The van der Waals surface area contributed by atoms with Crippen LogP contribution in [0, 0.1) is 0 Å². The molecule has 0 aromatic carbocycles. The van der Waals surface area contributed by atoms with Gasteiger partial charge in [-0.05, 0) is 40.7 Å². The van der Waals surface area contributed by atoms with Crippen LogP contribution >= 0.6 is 11.6 Å². The Morgan fingerprint density at radius 3 is 2.32 bits per heavy atom. The van der Waals surface area contributed by atoms with E-state index in [0.717, 1.165) is 0 Å². The number of sulfone groups is 1. The molecule has 0 saturated heterocycles. The first-order valence-electron chi connectivity index (χ1n) is 10.8. The van der Waals surface area contributed by atoms with Gasteiger partial charge in [0.1, 0.15) is 23.4 Å². The Kier molecular flexibility index (Phi) is 8.21. The zero-order chi connectivity index (χ0) is 25.0. The van der Waals surface area contributed by atoms with Crippen LogP contribution in [0.1, 0.15) is 58.4 Å². The lowest BCUT2D eigenvalue weighted by Gasteiger charge is -2.25. The maximum atomic E-state index is 13.5. The molecular formula is C22H29ClN6O4S. The number of hydrogen-bond acceptors (Lipinski definition) is 9. The van der Waals surface area contributed by atoms with Crippen molar-refractivity contribution in [2.24, 2.45) is 0 Å². The second kappa shape index (κ2) is 10.7. The molecular weight excluding hydrogens is 480 g/mol. The third-order valence-corrected chi connectivity index (χ3v) is 7.32. The van der Waals surface area contributed by atoms with Gasteiger partial charge in [0.15, 0.2) is 21.5 Å². The van der Waals surface area contributed by atoms with Gasteiger partial charge in [-0.3, -0.25) is 0 Å². The van der Waals surface area contributed by atoms with Gasteiger partial charge in [0.2, 0.25) is 5.88 Å².